The number of aliphatic hydroxyl groups excluding tert-OH is 1. The summed E-state index contributed by atoms with van der Waals surface area (Å²) in [5.41, 5.74) is -0.330. The summed E-state index contributed by atoms with van der Waals surface area (Å²) in [7, 11) is 1.29. The van der Waals surface area contributed by atoms with E-state index < -0.39 is 5.97 Å². The number of hydrogen-bond donors (Lipinski definition) is 1. The van der Waals surface area contributed by atoms with Crippen LogP contribution in [0.2, 0.25) is 0 Å². The summed E-state index contributed by atoms with van der Waals surface area (Å²) in [5.74, 6) is 4.52. The summed E-state index contributed by atoms with van der Waals surface area (Å²) < 4.78 is 4.35. The molecule has 0 fully saturated rings. The highest BCUT2D eigenvalue weighted by atomic mass is 16.5. The maximum atomic E-state index is 10.6. The molecule has 0 spiro atoms. The number of methoxy groups -OCH3 is 1. The smallest absolute Gasteiger partial charge is 0.384 e. The minimum absolute atomic E-state index is 0.0723. The molecule has 0 atom stereocenters. The molecule has 0 rings (SSSR count). The van der Waals surface area contributed by atoms with E-state index in [1.807, 2.05) is 13.8 Å². The molecular formula is C9H14O3. The Morgan fingerprint density at radius 3 is 2.58 bits per heavy atom. The van der Waals surface area contributed by atoms with E-state index in [4.69, 9.17) is 5.11 Å². The number of ether oxygens (including phenoxy) is 1. The van der Waals surface area contributed by atoms with Crippen LogP contribution in [0.3, 0.4) is 0 Å². The van der Waals surface area contributed by atoms with Crippen molar-refractivity contribution >= 4 is 5.97 Å². The van der Waals surface area contributed by atoms with Gasteiger partial charge >= 0.3 is 5.97 Å². The molecule has 3 nitrogen and oxygen atoms in total. The lowest BCUT2D eigenvalue weighted by molar-refractivity contribution is -0.133. The first-order chi connectivity index (χ1) is 5.52. The largest absolute Gasteiger partial charge is 0.459 e. The molecule has 0 aromatic heterocycles. The first kappa shape index (κ1) is 11.0. The highest BCUT2D eigenvalue weighted by Gasteiger charge is 2.13. The quantitative estimate of drug-likeness (QED) is 0.374. The van der Waals surface area contributed by atoms with E-state index in [1.165, 1.54) is 7.11 Å². The van der Waals surface area contributed by atoms with Crippen molar-refractivity contribution in [2.24, 2.45) is 5.41 Å². The Labute approximate surface area is 72.7 Å². The molecule has 0 radical (unpaired) electrons. The monoisotopic (exact) mass is 170 g/mol. The molecule has 0 aliphatic rings. The lowest BCUT2D eigenvalue weighted by atomic mass is 9.91. The number of carbonyl (C=O) groups excluding carboxylic acids is 1. The first-order valence-corrected chi connectivity index (χ1v) is 3.74. The summed E-state index contributed by atoms with van der Waals surface area (Å²) in [5, 5.41) is 8.64. The molecule has 0 unspecified atom stereocenters. The Morgan fingerprint density at radius 2 is 2.17 bits per heavy atom. The van der Waals surface area contributed by atoms with Crippen LogP contribution in [0.5, 0.6) is 0 Å². The molecule has 0 saturated carbocycles. The van der Waals surface area contributed by atoms with Gasteiger partial charge in [0.05, 0.1) is 7.11 Å². The molecule has 0 saturated heterocycles. The van der Waals surface area contributed by atoms with E-state index in [1.54, 1.807) is 0 Å². The molecule has 0 aliphatic carbocycles. The van der Waals surface area contributed by atoms with Crippen LogP contribution in [-0.4, -0.2) is 24.8 Å². The molecule has 0 heterocycles. The van der Waals surface area contributed by atoms with E-state index in [9.17, 15) is 4.79 Å². The van der Waals surface area contributed by atoms with Crippen molar-refractivity contribution in [3.63, 3.8) is 0 Å². The third-order valence-electron chi connectivity index (χ3n) is 1.43. The maximum absolute atomic E-state index is 10.6. The highest BCUT2D eigenvalue weighted by molar-refractivity contribution is 5.88. The van der Waals surface area contributed by atoms with Gasteiger partial charge in [-0.05, 0) is 20.3 Å². The van der Waals surface area contributed by atoms with Gasteiger partial charge in [-0.2, -0.15) is 0 Å². The Bertz CT molecular complexity index is 208. The zero-order valence-corrected chi connectivity index (χ0v) is 7.68. The SMILES string of the molecule is COC(=O)C#CC(C)(C)CCO. The van der Waals surface area contributed by atoms with Crippen LogP contribution in [0.1, 0.15) is 20.3 Å². The van der Waals surface area contributed by atoms with Gasteiger partial charge < -0.3 is 9.84 Å². The molecule has 0 aromatic rings. The van der Waals surface area contributed by atoms with E-state index >= 15 is 0 Å². The molecule has 12 heavy (non-hydrogen) atoms. The van der Waals surface area contributed by atoms with Crippen LogP contribution >= 0.6 is 0 Å². The van der Waals surface area contributed by atoms with Crippen molar-refractivity contribution in [3.05, 3.63) is 0 Å². The van der Waals surface area contributed by atoms with Gasteiger partial charge in [-0.25, -0.2) is 4.79 Å². The Morgan fingerprint density at radius 1 is 1.58 bits per heavy atom. The fraction of sp³-hybridized carbons (Fsp3) is 0.667. The molecule has 68 valence electrons. The zero-order chi connectivity index (χ0) is 9.61. The number of aliphatic hydroxyl groups is 1. The van der Waals surface area contributed by atoms with Gasteiger partial charge in [0.25, 0.3) is 0 Å². The van der Waals surface area contributed by atoms with Gasteiger partial charge in [0.1, 0.15) is 0 Å². The molecule has 3 heteroatoms. The van der Waals surface area contributed by atoms with Gasteiger partial charge in [-0.3, -0.25) is 0 Å². The van der Waals surface area contributed by atoms with Crippen LogP contribution < -0.4 is 0 Å². The normalized spacial score (nSPS) is 10.0. The van der Waals surface area contributed by atoms with Gasteiger partial charge in [-0.15, -0.1) is 0 Å². The average molecular weight is 170 g/mol. The second-order valence-electron chi connectivity index (χ2n) is 3.10. The van der Waals surface area contributed by atoms with Crippen LogP contribution in [-0.2, 0) is 9.53 Å². The van der Waals surface area contributed by atoms with Crippen molar-refractivity contribution < 1.29 is 14.6 Å². The van der Waals surface area contributed by atoms with Gasteiger partial charge in [0.2, 0.25) is 0 Å². The molecule has 1 N–H and O–H groups in total. The second-order valence-corrected chi connectivity index (χ2v) is 3.10. The third-order valence-corrected chi connectivity index (χ3v) is 1.43. The Balaban J connectivity index is 4.17. The Kier molecular flexibility index (Phi) is 4.38. The van der Waals surface area contributed by atoms with E-state index in [0.29, 0.717) is 6.42 Å². The minimum atomic E-state index is -0.541. The van der Waals surface area contributed by atoms with Gasteiger partial charge in [-0.1, -0.05) is 5.92 Å². The summed E-state index contributed by atoms with van der Waals surface area (Å²) >= 11 is 0. The van der Waals surface area contributed by atoms with Crippen LogP contribution in [0.25, 0.3) is 0 Å². The molecular weight excluding hydrogens is 156 g/mol. The molecule has 0 amide bonds. The fourth-order valence-electron chi connectivity index (χ4n) is 0.613. The number of esters is 1. The van der Waals surface area contributed by atoms with Crippen LogP contribution in [0, 0.1) is 17.3 Å². The van der Waals surface area contributed by atoms with Crippen molar-refractivity contribution in [1.82, 2.24) is 0 Å². The number of carbonyl (C=O) groups is 1. The van der Waals surface area contributed by atoms with Crippen LogP contribution in [0.15, 0.2) is 0 Å². The fourth-order valence-corrected chi connectivity index (χ4v) is 0.613. The highest BCUT2D eigenvalue weighted by Crippen LogP contribution is 2.17. The summed E-state index contributed by atoms with van der Waals surface area (Å²) in [6.45, 7) is 3.79. The first-order valence-electron chi connectivity index (χ1n) is 3.74. The van der Waals surface area contributed by atoms with Crippen molar-refractivity contribution in [1.29, 1.82) is 0 Å². The summed E-state index contributed by atoms with van der Waals surface area (Å²) in [6, 6.07) is 0. The summed E-state index contributed by atoms with van der Waals surface area (Å²) in [6.07, 6.45) is 0.553. The number of rotatable bonds is 2. The molecule has 0 aliphatic heterocycles. The molecule has 0 aromatic carbocycles. The van der Waals surface area contributed by atoms with Gasteiger partial charge in [0.15, 0.2) is 0 Å². The van der Waals surface area contributed by atoms with E-state index in [2.05, 4.69) is 16.6 Å². The second kappa shape index (κ2) is 4.78. The topological polar surface area (TPSA) is 46.5 Å². The van der Waals surface area contributed by atoms with Crippen molar-refractivity contribution in [3.8, 4) is 11.8 Å². The summed E-state index contributed by atoms with van der Waals surface area (Å²) in [4.78, 5) is 10.6. The average Bonchev–Trinajstić information content (AvgIpc) is 2.00. The van der Waals surface area contributed by atoms with E-state index in [-0.39, 0.29) is 12.0 Å². The lowest BCUT2D eigenvalue weighted by Gasteiger charge is -2.14. The third kappa shape index (κ3) is 4.75. The lowest BCUT2D eigenvalue weighted by Crippen LogP contribution is -2.11. The van der Waals surface area contributed by atoms with E-state index in [0.717, 1.165) is 0 Å². The van der Waals surface area contributed by atoms with Crippen LogP contribution in [0.4, 0.5) is 0 Å². The van der Waals surface area contributed by atoms with Crippen molar-refractivity contribution in [2.45, 2.75) is 20.3 Å². The predicted octanol–water partition coefficient (Wildman–Crippen LogP) is 0.571. The maximum Gasteiger partial charge on any atom is 0.384 e. The van der Waals surface area contributed by atoms with Crippen molar-refractivity contribution in [2.75, 3.05) is 13.7 Å². The standard InChI is InChI=1S/C9H14O3/c1-9(2,6-7-10)5-4-8(11)12-3/h10H,6-7H2,1-3H3. The minimum Gasteiger partial charge on any atom is -0.459 e. The Hall–Kier alpha value is -1.01. The predicted molar refractivity (Wildman–Crippen MR) is 45.3 cm³/mol. The molecule has 0 bridgehead atoms. The van der Waals surface area contributed by atoms with Gasteiger partial charge in [0, 0.05) is 17.9 Å². The zero-order valence-electron chi connectivity index (χ0n) is 7.68. The number of hydrogen-bond acceptors (Lipinski definition) is 3.